The van der Waals surface area contributed by atoms with Crippen molar-refractivity contribution in [2.24, 2.45) is 0 Å². The average molecular weight is 506 g/mol. The topological polar surface area (TPSA) is 45.2 Å². The van der Waals surface area contributed by atoms with Crippen LogP contribution in [0, 0.1) is 6.92 Å². The number of piperidine rings is 1. The zero-order chi connectivity index (χ0) is 26.9. The Kier molecular flexibility index (Phi) is 7.11. The van der Waals surface area contributed by atoms with Crippen molar-refractivity contribution in [1.29, 1.82) is 0 Å². The van der Waals surface area contributed by atoms with E-state index in [0.717, 1.165) is 40.0 Å². The van der Waals surface area contributed by atoms with Gasteiger partial charge in [0.1, 0.15) is 0 Å². The Hall–Kier alpha value is -3.50. The first kappa shape index (κ1) is 26.1. The number of benzene rings is 3. The highest BCUT2D eigenvalue weighted by atomic mass is 16.1. The third kappa shape index (κ3) is 5.81. The molecule has 1 aliphatic rings. The van der Waals surface area contributed by atoms with E-state index in [2.05, 4.69) is 93.4 Å². The van der Waals surface area contributed by atoms with Crippen molar-refractivity contribution < 1.29 is 4.79 Å². The molecule has 3 aromatic carbocycles. The van der Waals surface area contributed by atoms with Crippen molar-refractivity contribution in [3.63, 3.8) is 0 Å². The Morgan fingerprint density at radius 2 is 1.47 bits per heavy atom. The van der Waals surface area contributed by atoms with Gasteiger partial charge in [-0.05, 0) is 94.8 Å². The molecule has 2 heterocycles. The molecule has 0 bridgehead atoms. The van der Waals surface area contributed by atoms with E-state index in [0.29, 0.717) is 6.42 Å². The number of anilines is 1. The fourth-order valence-electron chi connectivity index (χ4n) is 5.92. The van der Waals surface area contributed by atoms with Gasteiger partial charge in [-0.15, -0.1) is 0 Å². The summed E-state index contributed by atoms with van der Waals surface area (Å²) in [5, 5.41) is 4.10. The highest BCUT2D eigenvalue weighted by molar-refractivity contribution is 5.94. The minimum Gasteiger partial charge on any atom is -0.326 e. The largest absolute Gasteiger partial charge is 0.326 e. The van der Waals surface area contributed by atoms with Crippen LogP contribution in [0.2, 0.25) is 0 Å². The molecule has 0 atom stereocenters. The molecule has 1 saturated heterocycles. The van der Waals surface area contributed by atoms with Crippen molar-refractivity contribution in [2.75, 3.05) is 5.32 Å². The predicted molar refractivity (Wildman–Crippen MR) is 158 cm³/mol. The summed E-state index contributed by atoms with van der Waals surface area (Å²) in [5.74, 6) is -0.0217. The number of hydrogen-bond donors (Lipinski definition) is 1. The normalized spacial score (nSPS) is 16.9. The van der Waals surface area contributed by atoms with Gasteiger partial charge in [0.05, 0.1) is 17.6 Å². The molecular weight excluding hydrogens is 466 g/mol. The number of likely N-dealkylation sites (tertiary alicyclic amines) is 1. The van der Waals surface area contributed by atoms with Crippen molar-refractivity contribution in [2.45, 2.75) is 77.9 Å². The summed E-state index contributed by atoms with van der Waals surface area (Å²) in [6.07, 6.45) is 4.04. The summed E-state index contributed by atoms with van der Waals surface area (Å²) in [4.78, 5) is 20.4. The number of fused-ring (bicyclic) bond motifs is 1. The van der Waals surface area contributed by atoms with Crippen LogP contribution >= 0.6 is 0 Å². The van der Waals surface area contributed by atoms with Crippen LogP contribution in [0.25, 0.3) is 22.0 Å². The van der Waals surface area contributed by atoms with Gasteiger partial charge >= 0.3 is 0 Å². The van der Waals surface area contributed by atoms with E-state index in [1.165, 1.54) is 30.4 Å². The van der Waals surface area contributed by atoms with Gasteiger partial charge in [-0.3, -0.25) is 14.7 Å². The van der Waals surface area contributed by atoms with Gasteiger partial charge in [0, 0.05) is 28.7 Å². The summed E-state index contributed by atoms with van der Waals surface area (Å²) in [6, 6.07) is 27.0. The molecule has 0 saturated carbocycles. The van der Waals surface area contributed by atoms with E-state index >= 15 is 0 Å². The van der Waals surface area contributed by atoms with Gasteiger partial charge in [-0.1, -0.05) is 60.2 Å². The van der Waals surface area contributed by atoms with Crippen LogP contribution < -0.4 is 5.32 Å². The molecule has 0 aliphatic carbocycles. The van der Waals surface area contributed by atoms with Crippen molar-refractivity contribution in [3.8, 4) is 11.1 Å². The molecule has 4 heteroatoms. The van der Waals surface area contributed by atoms with Crippen LogP contribution in [0.5, 0.6) is 0 Å². The molecule has 1 aromatic heterocycles. The van der Waals surface area contributed by atoms with Crippen LogP contribution in [0.4, 0.5) is 5.69 Å². The first-order valence-electron chi connectivity index (χ1n) is 13.7. The SMILES string of the molecule is Cc1ccc(-c2ccc(CC(=O)Nc3ccc4nc(CN5C(C)(C)CCCC5(C)C)ccc4c3)cc2)cc1. The number of rotatable bonds is 6. The summed E-state index contributed by atoms with van der Waals surface area (Å²) >= 11 is 0. The minimum absolute atomic E-state index is 0.0217. The van der Waals surface area contributed by atoms with Crippen molar-refractivity contribution in [1.82, 2.24) is 9.88 Å². The Morgan fingerprint density at radius 1 is 0.842 bits per heavy atom. The fourth-order valence-corrected chi connectivity index (χ4v) is 5.92. The van der Waals surface area contributed by atoms with Crippen molar-refractivity contribution >= 4 is 22.5 Å². The summed E-state index contributed by atoms with van der Waals surface area (Å²) in [6.45, 7) is 12.3. The molecule has 0 radical (unpaired) electrons. The van der Waals surface area contributed by atoms with Crippen molar-refractivity contribution in [3.05, 3.63) is 95.7 Å². The van der Waals surface area contributed by atoms with Crippen LogP contribution in [-0.4, -0.2) is 26.9 Å². The van der Waals surface area contributed by atoms with E-state index in [4.69, 9.17) is 4.98 Å². The summed E-state index contributed by atoms with van der Waals surface area (Å²) in [7, 11) is 0. The molecule has 1 fully saturated rings. The molecule has 0 unspecified atom stereocenters. The van der Waals surface area contributed by atoms with Gasteiger partial charge in [-0.2, -0.15) is 0 Å². The van der Waals surface area contributed by atoms with E-state index < -0.39 is 0 Å². The molecule has 196 valence electrons. The molecule has 1 N–H and O–H groups in total. The summed E-state index contributed by atoms with van der Waals surface area (Å²) in [5.41, 5.74) is 7.75. The number of carbonyl (C=O) groups is 1. The highest BCUT2D eigenvalue weighted by Gasteiger charge is 2.41. The maximum absolute atomic E-state index is 12.8. The Balaban J connectivity index is 1.24. The van der Waals surface area contributed by atoms with E-state index in [1.54, 1.807) is 0 Å². The molecule has 4 aromatic rings. The predicted octanol–water partition coefficient (Wildman–Crippen LogP) is 7.93. The molecule has 5 rings (SSSR count). The number of hydrogen-bond acceptors (Lipinski definition) is 3. The number of pyridine rings is 1. The lowest BCUT2D eigenvalue weighted by Crippen LogP contribution is -2.57. The third-order valence-corrected chi connectivity index (χ3v) is 8.09. The van der Waals surface area contributed by atoms with Gasteiger partial charge in [0.15, 0.2) is 0 Å². The molecule has 4 nitrogen and oxygen atoms in total. The average Bonchev–Trinajstić information content (AvgIpc) is 2.87. The Morgan fingerprint density at radius 3 is 2.13 bits per heavy atom. The van der Waals surface area contributed by atoms with Gasteiger partial charge in [0.2, 0.25) is 5.91 Å². The quantitative estimate of drug-likeness (QED) is 0.289. The zero-order valence-corrected chi connectivity index (χ0v) is 23.3. The maximum Gasteiger partial charge on any atom is 0.228 e. The second-order valence-electron chi connectivity index (χ2n) is 12.1. The number of aromatic nitrogens is 1. The Labute approximate surface area is 227 Å². The maximum atomic E-state index is 12.8. The Bertz CT molecular complexity index is 1420. The lowest BCUT2D eigenvalue weighted by Gasteiger charge is -2.52. The fraction of sp³-hybridized carbons (Fsp3) is 0.353. The number of carbonyl (C=O) groups excluding carboxylic acids is 1. The lowest BCUT2D eigenvalue weighted by molar-refractivity contribution is -0.115. The molecule has 1 amide bonds. The smallest absolute Gasteiger partial charge is 0.228 e. The van der Waals surface area contributed by atoms with Crippen LogP contribution in [0.1, 0.15) is 63.8 Å². The first-order chi connectivity index (χ1) is 18.1. The second kappa shape index (κ2) is 10.3. The van der Waals surface area contributed by atoms with Crippen LogP contribution in [0.15, 0.2) is 78.9 Å². The molecule has 38 heavy (non-hydrogen) atoms. The van der Waals surface area contributed by atoms with Gasteiger partial charge in [0.25, 0.3) is 0 Å². The lowest BCUT2D eigenvalue weighted by atomic mass is 9.79. The second-order valence-corrected chi connectivity index (χ2v) is 12.1. The highest BCUT2D eigenvalue weighted by Crippen LogP contribution is 2.39. The zero-order valence-electron chi connectivity index (χ0n) is 23.3. The van der Waals surface area contributed by atoms with Crippen LogP contribution in [0.3, 0.4) is 0 Å². The van der Waals surface area contributed by atoms with Gasteiger partial charge < -0.3 is 5.32 Å². The summed E-state index contributed by atoms with van der Waals surface area (Å²) < 4.78 is 0. The van der Waals surface area contributed by atoms with E-state index in [-0.39, 0.29) is 17.0 Å². The van der Waals surface area contributed by atoms with E-state index in [1.807, 2.05) is 30.3 Å². The number of nitrogens with one attached hydrogen (secondary N) is 1. The molecule has 0 spiro atoms. The number of amides is 1. The monoisotopic (exact) mass is 505 g/mol. The number of nitrogens with zero attached hydrogens (tertiary/aromatic N) is 2. The standard InChI is InChI=1S/C34H39N3O/c1-24-7-11-26(12-8-24)27-13-9-25(10-14-27)21-32(38)36-29-17-18-31-28(22-29)15-16-30(35-31)23-37-33(2,3)19-6-20-34(37,4)5/h7-18,22H,6,19-21,23H2,1-5H3,(H,36,38). The third-order valence-electron chi connectivity index (χ3n) is 8.09. The van der Waals surface area contributed by atoms with Crippen LogP contribution in [-0.2, 0) is 17.8 Å². The molecule has 1 aliphatic heterocycles. The van der Waals surface area contributed by atoms with E-state index in [9.17, 15) is 4.79 Å². The minimum atomic E-state index is -0.0217. The number of aryl methyl sites for hydroxylation is 1. The molecular formula is C34H39N3O. The van der Waals surface area contributed by atoms with Gasteiger partial charge in [-0.25, -0.2) is 0 Å². The first-order valence-corrected chi connectivity index (χ1v) is 13.7.